The topological polar surface area (TPSA) is 93.1 Å². The molecule has 0 amide bonds. The molecule has 18 heavy (non-hydrogen) atoms. The third-order valence-electron chi connectivity index (χ3n) is 2.02. The Kier molecular flexibility index (Phi) is 4.52. The number of carbonyl (C=O) groups excluding carboxylic acids is 1. The first-order valence-electron chi connectivity index (χ1n) is 4.87. The molecule has 0 radical (unpaired) electrons. The van der Waals surface area contributed by atoms with E-state index in [2.05, 4.69) is 0 Å². The van der Waals surface area contributed by atoms with Crippen molar-refractivity contribution in [2.45, 2.75) is 13.0 Å². The van der Waals surface area contributed by atoms with E-state index in [1.54, 1.807) is 0 Å². The van der Waals surface area contributed by atoms with Crippen LogP contribution >= 0.6 is 11.6 Å². The molecule has 98 valence electrons. The molecule has 7 heteroatoms. The minimum atomic E-state index is -1.33. The van der Waals surface area contributed by atoms with E-state index in [9.17, 15) is 9.59 Å². The van der Waals surface area contributed by atoms with E-state index < -0.39 is 18.0 Å². The first-order chi connectivity index (χ1) is 8.36. The van der Waals surface area contributed by atoms with Gasteiger partial charge in [-0.25, -0.2) is 9.59 Å². The number of aromatic carboxylic acids is 1. The third kappa shape index (κ3) is 3.12. The number of halogens is 1. The fraction of sp³-hybridized carbons (Fsp3) is 0.273. The number of aliphatic hydroxyl groups is 1. The van der Waals surface area contributed by atoms with Crippen LogP contribution in [0.5, 0.6) is 11.5 Å². The number of rotatable bonds is 4. The maximum Gasteiger partial charge on any atom is 0.340 e. The molecule has 1 unspecified atom stereocenters. The van der Waals surface area contributed by atoms with Crippen molar-refractivity contribution in [1.29, 1.82) is 0 Å². The van der Waals surface area contributed by atoms with E-state index in [1.165, 1.54) is 20.1 Å². The van der Waals surface area contributed by atoms with Crippen LogP contribution in [0.1, 0.15) is 17.3 Å². The van der Waals surface area contributed by atoms with Crippen LogP contribution in [0.3, 0.4) is 0 Å². The van der Waals surface area contributed by atoms with Gasteiger partial charge in [0.15, 0.2) is 11.5 Å². The molecule has 0 saturated carbocycles. The maximum absolute atomic E-state index is 11.2. The normalized spacial score (nSPS) is 11.8. The van der Waals surface area contributed by atoms with Gasteiger partial charge in [-0.1, -0.05) is 11.6 Å². The van der Waals surface area contributed by atoms with E-state index in [1.807, 2.05) is 0 Å². The second-order valence-electron chi connectivity index (χ2n) is 3.39. The van der Waals surface area contributed by atoms with Crippen LogP contribution < -0.4 is 9.47 Å². The van der Waals surface area contributed by atoms with Gasteiger partial charge >= 0.3 is 11.9 Å². The van der Waals surface area contributed by atoms with Crippen LogP contribution in [0.4, 0.5) is 0 Å². The van der Waals surface area contributed by atoms with Gasteiger partial charge in [0.05, 0.1) is 17.7 Å². The second kappa shape index (κ2) is 5.70. The van der Waals surface area contributed by atoms with Crippen LogP contribution in [-0.2, 0) is 4.79 Å². The van der Waals surface area contributed by atoms with E-state index in [0.717, 1.165) is 6.07 Å². The highest BCUT2D eigenvalue weighted by molar-refractivity contribution is 6.32. The Labute approximate surface area is 108 Å². The molecule has 0 bridgehead atoms. The van der Waals surface area contributed by atoms with Crippen molar-refractivity contribution in [3.05, 3.63) is 22.7 Å². The summed E-state index contributed by atoms with van der Waals surface area (Å²) in [7, 11) is 1.27. The Morgan fingerprint density at radius 3 is 2.44 bits per heavy atom. The lowest BCUT2D eigenvalue weighted by molar-refractivity contribution is -0.142. The number of ether oxygens (including phenoxy) is 2. The monoisotopic (exact) mass is 274 g/mol. The Hall–Kier alpha value is -1.79. The molecule has 1 atom stereocenters. The second-order valence-corrected chi connectivity index (χ2v) is 3.80. The summed E-state index contributed by atoms with van der Waals surface area (Å²) in [4.78, 5) is 22.0. The number of hydrogen-bond donors (Lipinski definition) is 2. The molecule has 1 aromatic rings. The molecule has 1 aromatic carbocycles. The molecule has 0 aliphatic carbocycles. The first-order valence-corrected chi connectivity index (χ1v) is 5.25. The number of carboxylic acid groups (broad SMARTS) is 1. The summed E-state index contributed by atoms with van der Waals surface area (Å²) in [5.74, 6) is -2.24. The molecule has 6 nitrogen and oxygen atoms in total. The van der Waals surface area contributed by atoms with Crippen molar-refractivity contribution < 1.29 is 29.3 Å². The number of carboxylic acids is 1. The standard InChI is InChI=1S/C11H11ClO6/c1-5(13)11(16)18-9-7(12)3-6(10(14)15)4-8(9)17-2/h3-5,13H,1-2H3,(H,14,15). The molecule has 0 aromatic heterocycles. The summed E-state index contributed by atoms with van der Waals surface area (Å²) in [6, 6.07) is 2.29. The van der Waals surface area contributed by atoms with Crippen LogP contribution in [0.15, 0.2) is 12.1 Å². The summed E-state index contributed by atoms with van der Waals surface area (Å²) in [6.07, 6.45) is -1.33. The lowest BCUT2D eigenvalue weighted by Gasteiger charge is -2.12. The molecule has 0 fully saturated rings. The van der Waals surface area contributed by atoms with Gasteiger partial charge in [-0.3, -0.25) is 0 Å². The fourth-order valence-electron chi connectivity index (χ4n) is 1.13. The van der Waals surface area contributed by atoms with Crippen molar-refractivity contribution >= 4 is 23.5 Å². The number of esters is 1. The van der Waals surface area contributed by atoms with Crippen molar-refractivity contribution in [2.24, 2.45) is 0 Å². The Balaban J connectivity index is 3.19. The average molecular weight is 275 g/mol. The Morgan fingerprint density at radius 2 is 2.00 bits per heavy atom. The van der Waals surface area contributed by atoms with Crippen LogP contribution in [0, 0.1) is 0 Å². The zero-order valence-electron chi connectivity index (χ0n) is 9.64. The number of carbonyl (C=O) groups is 2. The lowest BCUT2D eigenvalue weighted by Crippen LogP contribution is -2.22. The Morgan fingerprint density at radius 1 is 1.39 bits per heavy atom. The number of aliphatic hydroxyl groups excluding tert-OH is 1. The van der Waals surface area contributed by atoms with Gasteiger partial charge in [0.1, 0.15) is 6.10 Å². The molecular weight excluding hydrogens is 264 g/mol. The van der Waals surface area contributed by atoms with E-state index >= 15 is 0 Å². The van der Waals surface area contributed by atoms with Gasteiger partial charge < -0.3 is 19.7 Å². The average Bonchev–Trinajstić information content (AvgIpc) is 2.30. The summed E-state index contributed by atoms with van der Waals surface area (Å²) in [5.41, 5.74) is -0.103. The van der Waals surface area contributed by atoms with Gasteiger partial charge in [-0.2, -0.15) is 0 Å². The molecule has 2 N–H and O–H groups in total. The smallest absolute Gasteiger partial charge is 0.340 e. The molecule has 0 aliphatic rings. The molecule has 0 spiro atoms. The summed E-state index contributed by atoms with van der Waals surface area (Å²) in [5, 5.41) is 17.8. The molecule has 1 rings (SSSR count). The van der Waals surface area contributed by atoms with E-state index in [4.69, 9.17) is 31.3 Å². The largest absolute Gasteiger partial charge is 0.493 e. The molecular formula is C11H11ClO6. The van der Waals surface area contributed by atoms with Gasteiger partial charge in [-0.15, -0.1) is 0 Å². The van der Waals surface area contributed by atoms with Crippen LogP contribution in [0.2, 0.25) is 5.02 Å². The molecule has 0 aliphatic heterocycles. The molecule has 0 heterocycles. The van der Waals surface area contributed by atoms with Gasteiger partial charge in [-0.05, 0) is 19.1 Å². The highest BCUT2D eigenvalue weighted by Crippen LogP contribution is 2.36. The zero-order chi connectivity index (χ0) is 13.9. The van der Waals surface area contributed by atoms with Crippen molar-refractivity contribution in [1.82, 2.24) is 0 Å². The van der Waals surface area contributed by atoms with Crippen LogP contribution in [0.25, 0.3) is 0 Å². The third-order valence-corrected chi connectivity index (χ3v) is 2.30. The van der Waals surface area contributed by atoms with Crippen molar-refractivity contribution in [2.75, 3.05) is 7.11 Å². The van der Waals surface area contributed by atoms with E-state index in [-0.39, 0.29) is 22.1 Å². The summed E-state index contributed by atoms with van der Waals surface area (Å²) >= 11 is 5.80. The van der Waals surface area contributed by atoms with Gasteiger partial charge in [0.25, 0.3) is 0 Å². The number of methoxy groups -OCH3 is 1. The first kappa shape index (κ1) is 14.3. The Bertz CT molecular complexity index is 483. The highest BCUT2D eigenvalue weighted by Gasteiger charge is 2.20. The highest BCUT2D eigenvalue weighted by atomic mass is 35.5. The maximum atomic E-state index is 11.2. The van der Waals surface area contributed by atoms with Gasteiger partial charge in [0.2, 0.25) is 0 Å². The van der Waals surface area contributed by atoms with Crippen LogP contribution in [-0.4, -0.2) is 35.4 Å². The summed E-state index contributed by atoms with van der Waals surface area (Å²) in [6.45, 7) is 1.23. The quantitative estimate of drug-likeness (QED) is 0.636. The SMILES string of the molecule is COc1cc(C(=O)O)cc(Cl)c1OC(=O)C(C)O. The predicted octanol–water partition coefficient (Wildman–Crippen LogP) is 1.33. The van der Waals surface area contributed by atoms with Gasteiger partial charge in [0, 0.05) is 0 Å². The van der Waals surface area contributed by atoms with Crippen molar-refractivity contribution in [3.8, 4) is 11.5 Å². The predicted molar refractivity (Wildman–Crippen MR) is 62.3 cm³/mol. The van der Waals surface area contributed by atoms with E-state index in [0.29, 0.717) is 0 Å². The summed E-state index contributed by atoms with van der Waals surface area (Å²) < 4.78 is 9.72. The number of hydrogen-bond acceptors (Lipinski definition) is 5. The molecule has 0 saturated heterocycles. The lowest BCUT2D eigenvalue weighted by atomic mass is 10.2. The van der Waals surface area contributed by atoms with Crippen molar-refractivity contribution in [3.63, 3.8) is 0 Å². The fourth-order valence-corrected chi connectivity index (χ4v) is 1.38. The zero-order valence-corrected chi connectivity index (χ0v) is 10.4. The minimum absolute atomic E-state index is 0.00565. The minimum Gasteiger partial charge on any atom is -0.493 e. The number of benzene rings is 1.